The van der Waals surface area contributed by atoms with Crippen molar-refractivity contribution in [3.8, 4) is 0 Å². The van der Waals surface area contributed by atoms with Gasteiger partial charge in [-0.25, -0.2) is 13.8 Å². The predicted molar refractivity (Wildman–Crippen MR) is 114 cm³/mol. The quantitative estimate of drug-likeness (QED) is 0.364. The molecular weight excluding hydrogens is 448 g/mol. The van der Waals surface area contributed by atoms with Crippen LogP contribution >= 0.6 is 11.3 Å². The van der Waals surface area contributed by atoms with E-state index < -0.39 is 38.8 Å². The third kappa shape index (κ3) is 5.00. The molecule has 0 aliphatic rings. The number of aromatic nitrogens is 1. The molecule has 0 spiro atoms. The normalized spacial score (nSPS) is 11.2. The molecule has 3 rings (SSSR count). The molecule has 3 aromatic rings. The van der Waals surface area contributed by atoms with Crippen molar-refractivity contribution < 1.29 is 23.4 Å². The van der Waals surface area contributed by atoms with E-state index in [1.54, 1.807) is 0 Å². The summed E-state index contributed by atoms with van der Waals surface area (Å²) in [5, 5.41) is 22.4. The lowest BCUT2D eigenvalue weighted by Gasteiger charge is -2.21. The van der Waals surface area contributed by atoms with E-state index in [0.717, 1.165) is 40.5 Å². The van der Waals surface area contributed by atoms with Crippen molar-refractivity contribution in [2.24, 2.45) is 0 Å². The summed E-state index contributed by atoms with van der Waals surface area (Å²) in [6, 6.07) is 4.38. The van der Waals surface area contributed by atoms with Crippen molar-refractivity contribution in [3.63, 3.8) is 0 Å². The predicted octanol–water partition coefficient (Wildman–Crippen LogP) is 3.99. The third-order valence-corrected chi connectivity index (χ3v) is 5.46. The summed E-state index contributed by atoms with van der Waals surface area (Å²) in [6.45, 7) is 0.671. The molecule has 0 radical (unpaired) electrons. The Bertz CT molecular complexity index is 1180. The molecule has 0 N–H and O–H groups in total. The number of amides is 1. The average molecular weight is 465 g/mol. The topological polar surface area (TPSA) is 123 Å². The number of thiazole rings is 1. The fourth-order valence-corrected chi connectivity index (χ4v) is 4.00. The van der Waals surface area contributed by atoms with Gasteiger partial charge in [-0.15, -0.1) is 0 Å². The highest BCUT2D eigenvalue weighted by Gasteiger charge is 2.26. The highest BCUT2D eigenvalue weighted by atomic mass is 32.1. The van der Waals surface area contributed by atoms with Crippen molar-refractivity contribution in [2.75, 3.05) is 32.1 Å². The van der Waals surface area contributed by atoms with Crippen molar-refractivity contribution in [1.82, 2.24) is 9.88 Å². The number of fused-ring (bicyclic) bond motifs is 1. The Kier molecular flexibility index (Phi) is 6.69. The monoisotopic (exact) mass is 465 g/mol. The smallest absolute Gasteiger partial charge is 0.277 e. The molecule has 10 nitrogen and oxygen atoms in total. The number of anilines is 1. The first kappa shape index (κ1) is 23.1. The number of benzene rings is 2. The van der Waals surface area contributed by atoms with Crippen LogP contribution in [-0.2, 0) is 0 Å². The number of nitro groups is 2. The van der Waals surface area contributed by atoms with E-state index in [4.69, 9.17) is 0 Å². The lowest BCUT2D eigenvalue weighted by molar-refractivity contribution is -0.394. The Morgan fingerprint density at radius 2 is 1.66 bits per heavy atom. The molecule has 0 aliphatic heterocycles. The van der Waals surface area contributed by atoms with Crippen molar-refractivity contribution >= 4 is 44.0 Å². The number of nitrogens with zero attached hydrogens (tertiary/aromatic N) is 5. The van der Waals surface area contributed by atoms with Gasteiger partial charge in [0.25, 0.3) is 17.3 Å². The summed E-state index contributed by atoms with van der Waals surface area (Å²) in [5.74, 6) is -2.48. The maximum Gasteiger partial charge on any atom is 0.277 e. The van der Waals surface area contributed by atoms with Crippen LogP contribution in [0.25, 0.3) is 10.2 Å². The van der Waals surface area contributed by atoms with Gasteiger partial charge in [0.1, 0.15) is 11.3 Å². The van der Waals surface area contributed by atoms with Gasteiger partial charge in [0.15, 0.2) is 10.9 Å². The van der Waals surface area contributed by atoms with Crippen LogP contribution < -0.4 is 4.90 Å². The second kappa shape index (κ2) is 9.28. The van der Waals surface area contributed by atoms with E-state index in [2.05, 4.69) is 4.98 Å². The summed E-state index contributed by atoms with van der Waals surface area (Å²) < 4.78 is 27.9. The van der Waals surface area contributed by atoms with E-state index in [9.17, 15) is 33.8 Å². The standard InChI is InChI=1S/C19H17F2N5O5S/c1-23(2)4-3-5-24(19-22-17-15(21)8-12(20)9-16(17)32-19)18(27)11-6-13(25(28)29)10-14(7-11)26(30)31/h6-10H,3-5H2,1-2H3. The molecule has 0 aliphatic carbocycles. The average Bonchev–Trinajstić information content (AvgIpc) is 3.14. The first-order valence-corrected chi connectivity index (χ1v) is 10.0. The molecule has 0 saturated heterocycles. The first-order chi connectivity index (χ1) is 15.1. The van der Waals surface area contributed by atoms with Crippen LogP contribution in [0.4, 0.5) is 25.3 Å². The maximum atomic E-state index is 14.1. The maximum absolute atomic E-state index is 14.1. The van der Waals surface area contributed by atoms with E-state index in [1.165, 1.54) is 0 Å². The van der Waals surface area contributed by atoms with Gasteiger partial charge >= 0.3 is 0 Å². The van der Waals surface area contributed by atoms with Gasteiger partial charge in [0.2, 0.25) is 0 Å². The lowest BCUT2D eigenvalue weighted by atomic mass is 10.1. The number of non-ortho nitro benzene ring substituents is 2. The second-order valence-electron chi connectivity index (χ2n) is 7.10. The van der Waals surface area contributed by atoms with Gasteiger partial charge < -0.3 is 4.90 Å². The Hall–Kier alpha value is -3.58. The van der Waals surface area contributed by atoms with Crippen LogP contribution in [0.15, 0.2) is 30.3 Å². The molecule has 1 amide bonds. The fourth-order valence-electron chi connectivity index (χ4n) is 2.98. The molecule has 1 aromatic heterocycles. The summed E-state index contributed by atoms with van der Waals surface area (Å²) in [6.07, 6.45) is 0.461. The van der Waals surface area contributed by atoms with E-state index >= 15 is 0 Å². The van der Waals surface area contributed by atoms with Crippen molar-refractivity contribution in [1.29, 1.82) is 0 Å². The van der Waals surface area contributed by atoms with Crippen molar-refractivity contribution in [2.45, 2.75) is 6.42 Å². The van der Waals surface area contributed by atoms with E-state index in [0.29, 0.717) is 19.0 Å². The highest BCUT2D eigenvalue weighted by Crippen LogP contribution is 2.33. The zero-order valence-electron chi connectivity index (χ0n) is 16.9. The molecule has 168 valence electrons. The lowest BCUT2D eigenvalue weighted by Crippen LogP contribution is -2.33. The second-order valence-corrected chi connectivity index (χ2v) is 8.11. The molecule has 0 bridgehead atoms. The zero-order chi connectivity index (χ0) is 23.6. The molecule has 0 saturated carbocycles. The molecule has 1 heterocycles. The van der Waals surface area contributed by atoms with Crippen LogP contribution in [0.3, 0.4) is 0 Å². The van der Waals surface area contributed by atoms with Crippen LogP contribution in [-0.4, -0.2) is 52.8 Å². The molecule has 2 aromatic carbocycles. The SMILES string of the molecule is CN(C)CCCN(C(=O)c1cc([N+](=O)[O-])cc([N+](=O)[O-])c1)c1nc2c(F)cc(F)cc2s1. The number of hydrogen-bond acceptors (Lipinski definition) is 8. The number of carbonyl (C=O) groups excluding carboxylic acids is 1. The molecule has 13 heteroatoms. The molecule has 0 unspecified atom stereocenters. The summed E-state index contributed by atoms with van der Waals surface area (Å²) >= 11 is 0.869. The molecule has 0 fully saturated rings. The highest BCUT2D eigenvalue weighted by molar-refractivity contribution is 7.22. The van der Waals surface area contributed by atoms with E-state index in [1.807, 2.05) is 19.0 Å². The number of hydrogen-bond donors (Lipinski definition) is 0. The van der Waals surface area contributed by atoms with Gasteiger partial charge in [-0.2, -0.15) is 0 Å². The number of carbonyl (C=O) groups is 1. The van der Waals surface area contributed by atoms with Gasteiger partial charge in [-0.3, -0.25) is 29.9 Å². The van der Waals surface area contributed by atoms with Crippen LogP contribution in [0.5, 0.6) is 0 Å². The number of rotatable bonds is 8. The molecule has 32 heavy (non-hydrogen) atoms. The zero-order valence-corrected chi connectivity index (χ0v) is 17.8. The minimum Gasteiger partial charge on any atom is -0.309 e. The molecule has 0 atom stereocenters. The molecular formula is C19H17F2N5O5S. The Balaban J connectivity index is 2.08. The summed E-state index contributed by atoms with van der Waals surface area (Å²) in [4.78, 5) is 41.1. The van der Waals surface area contributed by atoms with Crippen LogP contribution in [0.2, 0.25) is 0 Å². The first-order valence-electron chi connectivity index (χ1n) is 9.23. The van der Waals surface area contributed by atoms with Crippen LogP contribution in [0, 0.1) is 31.9 Å². The number of nitro benzene ring substituents is 2. The van der Waals surface area contributed by atoms with Gasteiger partial charge in [-0.05, 0) is 33.1 Å². The van der Waals surface area contributed by atoms with Gasteiger partial charge in [0, 0.05) is 24.7 Å². The van der Waals surface area contributed by atoms with Gasteiger partial charge in [0.05, 0.1) is 26.2 Å². The summed E-state index contributed by atoms with van der Waals surface area (Å²) in [5.41, 5.74) is -1.65. The Morgan fingerprint density at radius 1 is 1.03 bits per heavy atom. The van der Waals surface area contributed by atoms with Crippen molar-refractivity contribution in [3.05, 3.63) is 67.8 Å². The van der Waals surface area contributed by atoms with Gasteiger partial charge in [-0.1, -0.05) is 11.3 Å². The Labute approximate surface area is 184 Å². The van der Waals surface area contributed by atoms with Crippen LogP contribution in [0.1, 0.15) is 16.8 Å². The number of halogens is 2. The summed E-state index contributed by atoms with van der Waals surface area (Å²) in [7, 11) is 3.65. The largest absolute Gasteiger partial charge is 0.309 e. The Morgan fingerprint density at radius 3 is 2.22 bits per heavy atom. The minimum atomic E-state index is -0.894. The van der Waals surface area contributed by atoms with E-state index in [-0.39, 0.29) is 27.5 Å². The third-order valence-electron chi connectivity index (χ3n) is 4.44. The fraction of sp³-hybridized carbons (Fsp3) is 0.263. The minimum absolute atomic E-state index is 0.0439.